The van der Waals surface area contributed by atoms with Gasteiger partial charge in [-0.25, -0.2) is 9.78 Å². The molecule has 1 atom stereocenters. The van der Waals surface area contributed by atoms with Gasteiger partial charge in [0, 0.05) is 12.6 Å². The summed E-state index contributed by atoms with van der Waals surface area (Å²) in [6.45, 7) is 0.0989. The summed E-state index contributed by atoms with van der Waals surface area (Å²) in [4.78, 5) is 42.0. The number of urea groups is 1. The standard InChI is InChI=1S/C20H22N4O5/c1-28-15-8-6-13(11-16(15)29-2)12-24-19(26)14(22-20(24)27)7-9-18(25)23-17-5-3-4-10-21-17/h3-6,8,10-11,14H,7,9,12H2,1-2H3,(H,22,27)(H,21,23,25). The summed E-state index contributed by atoms with van der Waals surface area (Å²) < 4.78 is 10.4. The van der Waals surface area contributed by atoms with E-state index in [4.69, 9.17) is 9.47 Å². The molecule has 1 aromatic carbocycles. The molecule has 0 bridgehead atoms. The Morgan fingerprint density at radius 2 is 1.97 bits per heavy atom. The maximum atomic E-state index is 12.6. The molecule has 1 aliphatic heterocycles. The summed E-state index contributed by atoms with van der Waals surface area (Å²) in [5.41, 5.74) is 0.722. The van der Waals surface area contributed by atoms with Crippen molar-refractivity contribution in [2.24, 2.45) is 0 Å². The van der Waals surface area contributed by atoms with Crippen LogP contribution in [0, 0.1) is 0 Å². The number of carbonyl (C=O) groups is 3. The molecule has 9 heteroatoms. The Bertz CT molecular complexity index is 903. The Morgan fingerprint density at radius 1 is 1.17 bits per heavy atom. The molecule has 2 N–H and O–H groups in total. The first-order valence-electron chi connectivity index (χ1n) is 9.05. The van der Waals surface area contributed by atoms with Gasteiger partial charge in [0.1, 0.15) is 11.9 Å². The number of aromatic nitrogens is 1. The Kier molecular flexibility index (Phi) is 6.28. The number of imide groups is 1. The van der Waals surface area contributed by atoms with Crippen molar-refractivity contribution < 1.29 is 23.9 Å². The van der Waals surface area contributed by atoms with E-state index in [0.29, 0.717) is 17.3 Å². The van der Waals surface area contributed by atoms with Crippen LogP contribution in [0.25, 0.3) is 0 Å². The molecule has 152 valence electrons. The number of pyridine rings is 1. The highest BCUT2D eigenvalue weighted by Gasteiger charge is 2.37. The Hall–Kier alpha value is -3.62. The molecule has 0 aliphatic carbocycles. The van der Waals surface area contributed by atoms with Crippen LogP contribution < -0.4 is 20.1 Å². The van der Waals surface area contributed by atoms with Crippen LogP contribution in [0.3, 0.4) is 0 Å². The van der Waals surface area contributed by atoms with E-state index in [1.54, 1.807) is 42.6 Å². The lowest BCUT2D eigenvalue weighted by Crippen LogP contribution is -2.31. The zero-order valence-corrected chi connectivity index (χ0v) is 16.2. The molecule has 29 heavy (non-hydrogen) atoms. The van der Waals surface area contributed by atoms with Crippen molar-refractivity contribution in [2.75, 3.05) is 19.5 Å². The molecule has 1 fully saturated rings. The van der Waals surface area contributed by atoms with E-state index in [9.17, 15) is 14.4 Å². The Balaban J connectivity index is 1.57. The van der Waals surface area contributed by atoms with E-state index >= 15 is 0 Å². The third-order valence-corrected chi connectivity index (χ3v) is 4.49. The predicted molar refractivity (Wildman–Crippen MR) is 105 cm³/mol. The molecule has 1 unspecified atom stereocenters. The minimum atomic E-state index is -0.739. The number of amides is 4. The molecule has 4 amide bonds. The first-order chi connectivity index (χ1) is 14.0. The SMILES string of the molecule is COc1ccc(CN2C(=O)NC(CCC(=O)Nc3ccccn3)C2=O)cc1OC. The van der Waals surface area contributed by atoms with E-state index in [2.05, 4.69) is 15.6 Å². The van der Waals surface area contributed by atoms with Crippen LogP contribution in [0.2, 0.25) is 0 Å². The van der Waals surface area contributed by atoms with E-state index in [0.717, 1.165) is 10.5 Å². The van der Waals surface area contributed by atoms with Crippen LogP contribution in [0.1, 0.15) is 18.4 Å². The molecule has 9 nitrogen and oxygen atoms in total. The fourth-order valence-electron chi connectivity index (χ4n) is 3.00. The van der Waals surface area contributed by atoms with Gasteiger partial charge in [0.05, 0.1) is 20.8 Å². The van der Waals surface area contributed by atoms with E-state index in [-0.39, 0.29) is 31.2 Å². The lowest BCUT2D eigenvalue weighted by atomic mass is 10.1. The topological polar surface area (TPSA) is 110 Å². The average molecular weight is 398 g/mol. The number of ether oxygens (including phenoxy) is 2. The van der Waals surface area contributed by atoms with Crippen LogP contribution in [0.4, 0.5) is 10.6 Å². The third kappa shape index (κ3) is 4.81. The highest BCUT2D eigenvalue weighted by Crippen LogP contribution is 2.28. The second-order valence-electron chi connectivity index (χ2n) is 6.42. The van der Waals surface area contributed by atoms with Crippen molar-refractivity contribution in [3.05, 3.63) is 48.2 Å². The summed E-state index contributed by atoms with van der Waals surface area (Å²) >= 11 is 0. The minimum absolute atomic E-state index is 0.0808. The second-order valence-corrected chi connectivity index (χ2v) is 6.42. The molecular weight excluding hydrogens is 376 g/mol. The maximum absolute atomic E-state index is 12.6. The predicted octanol–water partition coefficient (Wildman–Crippen LogP) is 1.94. The number of carbonyl (C=O) groups excluding carboxylic acids is 3. The molecule has 0 radical (unpaired) electrons. The molecule has 0 spiro atoms. The van der Waals surface area contributed by atoms with E-state index < -0.39 is 12.1 Å². The smallest absolute Gasteiger partial charge is 0.325 e. The van der Waals surface area contributed by atoms with Crippen molar-refractivity contribution >= 4 is 23.7 Å². The first kappa shape index (κ1) is 20.1. The fourth-order valence-corrected chi connectivity index (χ4v) is 3.00. The van der Waals surface area contributed by atoms with Gasteiger partial charge < -0.3 is 20.1 Å². The summed E-state index contributed by atoms with van der Waals surface area (Å²) in [7, 11) is 3.05. The van der Waals surface area contributed by atoms with E-state index in [1.807, 2.05) is 0 Å². The van der Waals surface area contributed by atoms with Crippen LogP contribution >= 0.6 is 0 Å². The number of hydrogen-bond donors (Lipinski definition) is 2. The van der Waals surface area contributed by atoms with Gasteiger partial charge in [-0.05, 0) is 36.2 Å². The van der Waals surface area contributed by atoms with Gasteiger partial charge in [-0.15, -0.1) is 0 Å². The Labute approximate surface area is 168 Å². The normalized spacial score (nSPS) is 15.8. The van der Waals surface area contributed by atoms with Gasteiger partial charge in [-0.3, -0.25) is 14.5 Å². The lowest BCUT2D eigenvalue weighted by Gasteiger charge is -2.15. The number of benzene rings is 1. The van der Waals surface area contributed by atoms with E-state index in [1.165, 1.54) is 14.2 Å². The summed E-state index contributed by atoms with van der Waals surface area (Å²) in [5.74, 6) is 0.874. The highest BCUT2D eigenvalue weighted by molar-refractivity contribution is 6.04. The van der Waals surface area contributed by atoms with Crippen molar-refractivity contribution in [3.63, 3.8) is 0 Å². The first-order valence-corrected chi connectivity index (χ1v) is 9.05. The van der Waals surface area contributed by atoms with Crippen LogP contribution in [-0.2, 0) is 16.1 Å². The second kappa shape index (κ2) is 9.05. The van der Waals surface area contributed by atoms with Crippen LogP contribution in [0.5, 0.6) is 11.5 Å². The number of methoxy groups -OCH3 is 2. The van der Waals surface area contributed by atoms with Crippen molar-refractivity contribution in [1.82, 2.24) is 15.2 Å². The number of nitrogens with zero attached hydrogens (tertiary/aromatic N) is 2. The van der Waals surface area contributed by atoms with Crippen LogP contribution in [0.15, 0.2) is 42.6 Å². The highest BCUT2D eigenvalue weighted by atomic mass is 16.5. The van der Waals surface area contributed by atoms with Gasteiger partial charge in [0.2, 0.25) is 5.91 Å². The molecule has 3 rings (SSSR count). The zero-order chi connectivity index (χ0) is 20.8. The molecule has 1 aromatic heterocycles. The number of anilines is 1. The van der Waals surface area contributed by atoms with Crippen molar-refractivity contribution in [1.29, 1.82) is 0 Å². The minimum Gasteiger partial charge on any atom is -0.493 e. The number of nitrogens with one attached hydrogen (secondary N) is 2. The quantitative estimate of drug-likeness (QED) is 0.658. The van der Waals surface area contributed by atoms with Gasteiger partial charge >= 0.3 is 6.03 Å². The van der Waals surface area contributed by atoms with Crippen molar-refractivity contribution in [2.45, 2.75) is 25.4 Å². The van der Waals surface area contributed by atoms with Crippen LogP contribution in [-0.4, -0.2) is 48.0 Å². The average Bonchev–Trinajstić information content (AvgIpc) is 3.00. The molecule has 2 heterocycles. The third-order valence-electron chi connectivity index (χ3n) is 4.49. The zero-order valence-electron chi connectivity index (χ0n) is 16.2. The van der Waals surface area contributed by atoms with Gasteiger partial charge in [0.25, 0.3) is 5.91 Å². The largest absolute Gasteiger partial charge is 0.493 e. The fraction of sp³-hybridized carbons (Fsp3) is 0.300. The summed E-state index contributed by atoms with van der Waals surface area (Å²) in [6, 6.07) is 9.14. The summed E-state index contributed by atoms with van der Waals surface area (Å²) in [5, 5.41) is 5.28. The molecule has 2 aromatic rings. The molecule has 1 saturated heterocycles. The van der Waals surface area contributed by atoms with Gasteiger partial charge in [-0.1, -0.05) is 12.1 Å². The van der Waals surface area contributed by atoms with Gasteiger partial charge in [-0.2, -0.15) is 0 Å². The maximum Gasteiger partial charge on any atom is 0.325 e. The number of rotatable bonds is 8. The molecular formula is C20H22N4O5. The molecule has 1 aliphatic rings. The number of hydrogen-bond acceptors (Lipinski definition) is 6. The van der Waals surface area contributed by atoms with Gasteiger partial charge in [0.15, 0.2) is 11.5 Å². The molecule has 0 saturated carbocycles. The lowest BCUT2D eigenvalue weighted by molar-refractivity contribution is -0.128. The monoisotopic (exact) mass is 398 g/mol. The summed E-state index contributed by atoms with van der Waals surface area (Å²) in [6.07, 6.45) is 1.85. The Morgan fingerprint density at radius 3 is 2.66 bits per heavy atom. The van der Waals surface area contributed by atoms with Crippen molar-refractivity contribution in [3.8, 4) is 11.5 Å².